The lowest BCUT2D eigenvalue weighted by molar-refractivity contribution is 1.19. The standard InChI is InChI=1S/C36H28/c1-2-14-30-18-6-10-22-34(30)27-28-36-24-12-8-20-32(36)16-4-3-15-31-19-7-11-23-35(31)26-25-33-21-9-5-17-29(33)13-1/h1-12,17-24H,13-16H2/b2-1-,4-3-. The Morgan fingerprint density at radius 1 is 0.306 bits per heavy atom. The van der Waals surface area contributed by atoms with Crippen molar-refractivity contribution in [2.75, 3.05) is 0 Å². The molecular weight excluding hydrogens is 432 g/mol. The van der Waals surface area contributed by atoms with E-state index in [1.807, 2.05) is 0 Å². The zero-order valence-corrected chi connectivity index (χ0v) is 20.4. The van der Waals surface area contributed by atoms with Crippen LogP contribution in [0.4, 0.5) is 0 Å². The van der Waals surface area contributed by atoms with Gasteiger partial charge < -0.3 is 0 Å². The predicted octanol–water partition coefficient (Wildman–Crippen LogP) is 7.48. The van der Waals surface area contributed by atoms with E-state index in [9.17, 15) is 0 Å². The molecule has 0 saturated carbocycles. The van der Waals surface area contributed by atoms with Gasteiger partial charge in [-0.15, -0.1) is 0 Å². The van der Waals surface area contributed by atoms with Crippen LogP contribution in [0.5, 0.6) is 0 Å². The van der Waals surface area contributed by atoms with Crippen LogP contribution in [0, 0.1) is 23.7 Å². The van der Waals surface area contributed by atoms with E-state index < -0.39 is 0 Å². The van der Waals surface area contributed by atoms with E-state index in [-0.39, 0.29) is 0 Å². The molecule has 36 heavy (non-hydrogen) atoms. The smallest absolute Gasteiger partial charge is 0.0284 e. The van der Waals surface area contributed by atoms with Crippen molar-refractivity contribution in [3.05, 3.63) is 166 Å². The number of allylic oxidation sites excluding steroid dienone is 4. The third-order valence-corrected chi connectivity index (χ3v) is 6.42. The average molecular weight is 461 g/mol. The van der Waals surface area contributed by atoms with Gasteiger partial charge in [-0.3, -0.25) is 0 Å². The van der Waals surface area contributed by atoms with Gasteiger partial charge in [0, 0.05) is 22.3 Å². The van der Waals surface area contributed by atoms with E-state index in [1.165, 1.54) is 22.3 Å². The van der Waals surface area contributed by atoms with Gasteiger partial charge in [-0.1, -0.05) is 121 Å². The Morgan fingerprint density at radius 2 is 0.528 bits per heavy atom. The van der Waals surface area contributed by atoms with Crippen LogP contribution >= 0.6 is 0 Å². The molecule has 0 aromatic heterocycles. The molecule has 0 amide bonds. The van der Waals surface area contributed by atoms with E-state index >= 15 is 0 Å². The van der Waals surface area contributed by atoms with Crippen molar-refractivity contribution in [3.8, 4) is 23.7 Å². The normalized spacial score (nSPS) is 14.7. The summed E-state index contributed by atoms with van der Waals surface area (Å²) in [5, 5.41) is 0. The predicted molar refractivity (Wildman–Crippen MR) is 151 cm³/mol. The highest BCUT2D eigenvalue weighted by atomic mass is 14.1. The lowest BCUT2D eigenvalue weighted by Gasteiger charge is -2.05. The van der Waals surface area contributed by atoms with Gasteiger partial charge in [0.1, 0.15) is 0 Å². The number of hydrogen-bond donors (Lipinski definition) is 0. The third kappa shape index (κ3) is 5.93. The zero-order valence-electron chi connectivity index (χ0n) is 20.4. The fraction of sp³-hybridized carbons (Fsp3) is 0.111. The van der Waals surface area contributed by atoms with E-state index in [0.717, 1.165) is 47.9 Å². The van der Waals surface area contributed by atoms with E-state index in [4.69, 9.17) is 0 Å². The quantitative estimate of drug-likeness (QED) is 0.188. The molecule has 0 aliphatic heterocycles. The van der Waals surface area contributed by atoms with Gasteiger partial charge in [0.15, 0.2) is 0 Å². The largest absolute Gasteiger partial charge is 0.0838 e. The second-order valence-electron chi connectivity index (χ2n) is 8.89. The number of hydrogen-bond acceptors (Lipinski definition) is 0. The van der Waals surface area contributed by atoms with Gasteiger partial charge in [0.05, 0.1) is 0 Å². The Kier molecular flexibility index (Phi) is 7.58. The summed E-state index contributed by atoms with van der Waals surface area (Å²) >= 11 is 0. The van der Waals surface area contributed by atoms with Gasteiger partial charge in [0.25, 0.3) is 0 Å². The fourth-order valence-corrected chi connectivity index (χ4v) is 4.39. The van der Waals surface area contributed by atoms with Crippen molar-refractivity contribution in [2.24, 2.45) is 0 Å². The summed E-state index contributed by atoms with van der Waals surface area (Å²) in [6.07, 6.45) is 12.4. The molecule has 0 spiro atoms. The molecule has 1 aliphatic rings. The van der Waals surface area contributed by atoms with Crippen molar-refractivity contribution < 1.29 is 0 Å². The SMILES string of the molecule is C1#Cc2ccccc2C/C=C\Cc2ccccc2C#Cc2ccccc2C/C=C\Cc2ccccc21. The molecule has 5 rings (SSSR count). The molecule has 0 saturated heterocycles. The third-order valence-electron chi connectivity index (χ3n) is 6.42. The first-order chi connectivity index (χ1) is 17.9. The van der Waals surface area contributed by atoms with Crippen LogP contribution in [0.25, 0.3) is 0 Å². The monoisotopic (exact) mass is 460 g/mol. The minimum absolute atomic E-state index is 0.858. The Labute approximate surface area is 215 Å². The van der Waals surface area contributed by atoms with E-state index in [1.54, 1.807) is 0 Å². The van der Waals surface area contributed by atoms with Crippen LogP contribution in [0.3, 0.4) is 0 Å². The molecule has 0 N–H and O–H groups in total. The Balaban J connectivity index is 1.53. The summed E-state index contributed by atoms with van der Waals surface area (Å²) in [5.74, 6) is 13.8. The molecule has 0 bridgehead atoms. The van der Waals surface area contributed by atoms with Gasteiger partial charge in [0.2, 0.25) is 0 Å². The minimum atomic E-state index is 0.858. The summed E-state index contributed by atoms with van der Waals surface area (Å²) in [6, 6.07) is 33.8. The highest BCUT2D eigenvalue weighted by Gasteiger charge is 2.02. The van der Waals surface area contributed by atoms with Gasteiger partial charge in [-0.2, -0.15) is 0 Å². The van der Waals surface area contributed by atoms with Crippen LogP contribution < -0.4 is 0 Å². The van der Waals surface area contributed by atoms with Gasteiger partial charge in [-0.05, 0) is 72.2 Å². The van der Waals surface area contributed by atoms with Crippen LogP contribution in [0.2, 0.25) is 0 Å². The lowest BCUT2D eigenvalue weighted by atomic mass is 9.99. The summed E-state index contributed by atoms with van der Waals surface area (Å²) in [6.45, 7) is 0. The molecule has 1 aliphatic carbocycles. The Morgan fingerprint density at radius 3 is 0.778 bits per heavy atom. The van der Waals surface area contributed by atoms with Crippen LogP contribution in [0.1, 0.15) is 44.5 Å². The Bertz CT molecular complexity index is 1310. The Hall–Kier alpha value is -4.52. The summed E-state index contributed by atoms with van der Waals surface area (Å²) in [5.41, 5.74) is 9.34. The number of benzene rings is 4. The molecule has 0 atom stereocenters. The summed E-state index contributed by atoms with van der Waals surface area (Å²) in [4.78, 5) is 0. The van der Waals surface area contributed by atoms with Crippen molar-refractivity contribution in [1.82, 2.24) is 0 Å². The first kappa shape index (κ1) is 23.2. The van der Waals surface area contributed by atoms with Crippen LogP contribution in [0.15, 0.2) is 121 Å². The molecule has 0 unspecified atom stereocenters. The molecule has 172 valence electrons. The molecule has 0 fully saturated rings. The summed E-state index contributed by atoms with van der Waals surface area (Å²) < 4.78 is 0. The van der Waals surface area contributed by atoms with Gasteiger partial charge >= 0.3 is 0 Å². The molecular formula is C36H28. The highest BCUT2D eigenvalue weighted by molar-refractivity contribution is 5.51. The van der Waals surface area contributed by atoms with E-state index in [0.29, 0.717) is 0 Å². The van der Waals surface area contributed by atoms with Crippen molar-refractivity contribution in [1.29, 1.82) is 0 Å². The second-order valence-corrected chi connectivity index (χ2v) is 8.89. The second kappa shape index (κ2) is 11.8. The van der Waals surface area contributed by atoms with E-state index in [2.05, 4.69) is 145 Å². The number of rotatable bonds is 0. The minimum Gasteiger partial charge on any atom is -0.0838 e. The van der Waals surface area contributed by atoms with Crippen LogP contribution in [-0.2, 0) is 25.7 Å². The molecule has 0 heteroatoms. The maximum atomic E-state index is 3.44. The van der Waals surface area contributed by atoms with Crippen molar-refractivity contribution in [2.45, 2.75) is 25.7 Å². The zero-order chi connectivity index (χ0) is 24.4. The van der Waals surface area contributed by atoms with Gasteiger partial charge in [-0.25, -0.2) is 0 Å². The number of fused-ring (bicyclic) bond motifs is 4. The molecule has 4 aromatic carbocycles. The highest BCUT2D eigenvalue weighted by Crippen LogP contribution is 2.15. The lowest BCUT2D eigenvalue weighted by Crippen LogP contribution is -1.92. The van der Waals surface area contributed by atoms with Crippen molar-refractivity contribution >= 4 is 0 Å². The molecule has 0 heterocycles. The fourth-order valence-electron chi connectivity index (χ4n) is 4.39. The maximum Gasteiger partial charge on any atom is 0.0284 e. The van der Waals surface area contributed by atoms with Crippen molar-refractivity contribution in [3.63, 3.8) is 0 Å². The first-order valence-corrected chi connectivity index (χ1v) is 12.5. The summed E-state index contributed by atoms with van der Waals surface area (Å²) in [7, 11) is 0. The molecule has 0 nitrogen and oxygen atoms in total. The molecule has 0 radical (unpaired) electrons. The topological polar surface area (TPSA) is 0 Å². The average Bonchev–Trinajstić information content (AvgIpc) is 2.93. The first-order valence-electron chi connectivity index (χ1n) is 12.5. The maximum absolute atomic E-state index is 3.44. The molecule has 4 aromatic rings. The van der Waals surface area contributed by atoms with Crippen LogP contribution in [-0.4, -0.2) is 0 Å².